The molecule has 0 fully saturated rings. The Morgan fingerprint density at radius 3 is 3.04 bits per heavy atom. The van der Waals surface area contributed by atoms with Crippen LogP contribution in [0.1, 0.15) is 23.2 Å². The van der Waals surface area contributed by atoms with E-state index in [0.717, 1.165) is 0 Å². The number of halogens is 1. The molecule has 1 aliphatic heterocycles. The second kappa shape index (κ2) is 8.83. The van der Waals surface area contributed by atoms with Gasteiger partial charge in [-0.05, 0) is 36.8 Å². The van der Waals surface area contributed by atoms with Crippen molar-refractivity contribution in [1.82, 2.24) is 10.3 Å². The number of anilines is 1. The minimum absolute atomic E-state index is 0.0843. The highest BCUT2D eigenvalue weighted by atomic mass is 35.5. The SMILES string of the molecule is COCCNC(=O)CCCN1C(=O)c2cccnc2Oc2ccc(Cl)cc21. The van der Waals surface area contributed by atoms with Crippen molar-refractivity contribution in [1.29, 1.82) is 0 Å². The number of amides is 2. The summed E-state index contributed by atoms with van der Waals surface area (Å²) >= 11 is 6.12. The van der Waals surface area contributed by atoms with E-state index in [-0.39, 0.29) is 17.7 Å². The number of benzene rings is 1. The second-order valence-electron chi connectivity index (χ2n) is 5.97. The Labute approximate surface area is 162 Å². The van der Waals surface area contributed by atoms with Crippen LogP contribution in [0.2, 0.25) is 5.02 Å². The van der Waals surface area contributed by atoms with Crippen molar-refractivity contribution in [3.05, 3.63) is 47.1 Å². The molecule has 1 aromatic heterocycles. The van der Waals surface area contributed by atoms with Gasteiger partial charge >= 0.3 is 0 Å². The summed E-state index contributed by atoms with van der Waals surface area (Å²) in [6.45, 7) is 1.27. The van der Waals surface area contributed by atoms with Crippen molar-refractivity contribution in [3.8, 4) is 11.6 Å². The standard InChI is InChI=1S/C19H20ClN3O4/c1-26-11-9-21-17(24)5-3-10-23-15-12-13(20)6-7-16(15)27-18-14(19(23)25)4-2-8-22-18/h2,4,6-8,12H,3,5,9-11H2,1H3,(H,21,24). The van der Waals surface area contributed by atoms with Crippen LogP contribution >= 0.6 is 11.6 Å². The molecule has 0 atom stereocenters. The normalized spacial score (nSPS) is 12.7. The van der Waals surface area contributed by atoms with E-state index in [1.807, 2.05) is 0 Å². The van der Waals surface area contributed by atoms with E-state index in [0.29, 0.717) is 54.6 Å². The number of hydrogen-bond donors (Lipinski definition) is 1. The number of carbonyl (C=O) groups excluding carboxylic acids is 2. The topological polar surface area (TPSA) is 80.8 Å². The summed E-state index contributed by atoms with van der Waals surface area (Å²) in [5.74, 6) is 0.429. The molecule has 3 rings (SSSR count). The number of carbonyl (C=O) groups is 2. The Morgan fingerprint density at radius 2 is 2.22 bits per heavy atom. The Hall–Kier alpha value is -2.64. The number of pyridine rings is 1. The first kappa shape index (κ1) is 19.1. The summed E-state index contributed by atoms with van der Waals surface area (Å²) in [7, 11) is 1.58. The molecule has 1 N–H and O–H groups in total. The van der Waals surface area contributed by atoms with Gasteiger partial charge in [0.1, 0.15) is 5.56 Å². The Balaban J connectivity index is 1.77. The fourth-order valence-corrected chi connectivity index (χ4v) is 2.95. The summed E-state index contributed by atoms with van der Waals surface area (Å²) in [6, 6.07) is 8.44. The van der Waals surface area contributed by atoms with Crippen LogP contribution in [-0.4, -0.2) is 43.6 Å². The lowest BCUT2D eigenvalue weighted by Crippen LogP contribution is -2.33. The Bertz CT molecular complexity index is 843. The number of nitrogens with one attached hydrogen (secondary N) is 1. The lowest BCUT2D eigenvalue weighted by Gasteiger charge is -2.22. The van der Waals surface area contributed by atoms with Crippen molar-refractivity contribution in [3.63, 3.8) is 0 Å². The average molecular weight is 390 g/mol. The predicted molar refractivity (Wildman–Crippen MR) is 102 cm³/mol. The van der Waals surface area contributed by atoms with Crippen LogP contribution in [-0.2, 0) is 9.53 Å². The van der Waals surface area contributed by atoms with Gasteiger partial charge in [0, 0.05) is 37.8 Å². The molecule has 1 aliphatic rings. The summed E-state index contributed by atoms with van der Waals surface area (Å²) < 4.78 is 10.7. The van der Waals surface area contributed by atoms with Crippen LogP contribution in [0.4, 0.5) is 5.69 Å². The summed E-state index contributed by atoms with van der Waals surface area (Å²) in [5.41, 5.74) is 0.930. The molecule has 7 nitrogen and oxygen atoms in total. The molecule has 1 aromatic carbocycles. The summed E-state index contributed by atoms with van der Waals surface area (Å²) in [5, 5.41) is 3.26. The zero-order valence-electron chi connectivity index (χ0n) is 14.9. The molecule has 0 spiro atoms. The van der Waals surface area contributed by atoms with E-state index >= 15 is 0 Å². The largest absolute Gasteiger partial charge is 0.436 e. The van der Waals surface area contributed by atoms with Gasteiger partial charge in [-0.1, -0.05) is 11.6 Å². The van der Waals surface area contributed by atoms with Gasteiger partial charge in [-0.25, -0.2) is 4.98 Å². The maximum atomic E-state index is 13.0. The van der Waals surface area contributed by atoms with E-state index in [1.165, 1.54) is 0 Å². The minimum Gasteiger partial charge on any atom is -0.436 e. The predicted octanol–water partition coefficient (Wildman–Crippen LogP) is 3.03. The summed E-state index contributed by atoms with van der Waals surface area (Å²) in [6.07, 6.45) is 2.36. The highest BCUT2D eigenvalue weighted by molar-refractivity contribution is 6.31. The quantitative estimate of drug-likeness (QED) is 0.736. The van der Waals surface area contributed by atoms with Crippen molar-refractivity contribution < 1.29 is 19.1 Å². The van der Waals surface area contributed by atoms with Gasteiger partial charge in [-0.3, -0.25) is 9.59 Å². The highest BCUT2D eigenvalue weighted by Crippen LogP contribution is 2.39. The fourth-order valence-electron chi connectivity index (χ4n) is 2.78. The average Bonchev–Trinajstić information content (AvgIpc) is 2.77. The zero-order chi connectivity index (χ0) is 19.2. The number of aromatic nitrogens is 1. The number of ether oxygens (including phenoxy) is 2. The molecule has 0 saturated carbocycles. The Kier molecular flexibility index (Phi) is 6.26. The lowest BCUT2D eigenvalue weighted by atomic mass is 10.2. The third-order valence-electron chi connectivity index (χ3n) is 4.08. The maximum absolute atomic E-state index is 13.0. The molecule has 2 amide bonds. The monoisotopic (exact) mass is 389 g/mol. The van der Waals surface area contributed by atoms with Gasteiger partial charge < -0.3 is 19.7 Å². The van der Waals surface area contributed by atoms with Crippen molar-refractivity contribution in [2.24, 2.45) is 0 Å². The van der Waals surface area contributed by atoms with Gasteiger partial charge in [0.2, 0.25) is 11.8 Å². The molecule has 2 aromatic rings. The van der Waals surface area contributed by atoms with Crippen LogP contribution < -0.4 is 15.0 Å². The van der Waals surface area contributed by atoms with Gasteiger partial charge in [0.15, 0.2) is 5.75 Å². The van der Waals surface area contributed by atoms with Crippen molar-refractivity contribution in [2.45, 2.75) is 12.8 Å². The molecule has 0 bridgehead atoms. The van der Waals surface area contributed by atoms with E-state index < -0.39 is 0 Å². The first-order valence-corrected chi connectivity index (χ1v) is 8.98. The first-order valence-electron chi connectivity index (χ1n) is 8.60. The molecule has 0 unspecified atom stereocenters. The molecule has 0 radical (unpaired) electrons. The first-order chi connectivity index (χ1) is 13.1. The minimum atomic E-state index is -0.237. The van der Waals surface area contributed by atoms with Gasteiger partial charge in [-0.2, -0.15) is 0 Å². The molecular weight excluding hydrogens is 370 g/mol. The van der Waals surface area contributed by atoms with E-state index in [1.54, 1.807) is 48.5 Å². The van der Waals surface area contributed by atoms with E-state index in [9.17, 15) is 9.59 Å². The van der Waals surface area contributed by atoms with E-state index in [2.05, 4.69) is 10.3 Å². The molecule has 27 heavy (non-hydrogen) atoms. The highest BCUT2D eigenvalue weighted by Gasteiger charge is 2.29. The molecule has 8 heteroatoms. The zero-order valence-corrected chi connectivity index (χ0v) is 15.7. The summed E-state index contributed by atoms with van der Waals surface area (Å²) in [4.78, 5) is 30.7. The third kappa shape index (κ3) is 4.56. The maximum Gasteiger partial charge on any atom is 0.263 e. The van der Waals surface area contributed by atoms with Crippen LogP contribution in [0, 0.1) is 0 Å². The van der Waals surface area contributed by atoms with E-state index in [4.69, 9.17) is 21.1 Å². The number of nitrogens with zero attached hydrogens (tertiary/aromatic N) is 2. The smallest absolute Gasteiger partial charge is 0.263 e. The van der Waals surface area contributed by atoms with Crippen molar-refractivity contribution in [2.75, 3.05) is 31.7 Å². The number of fused-ring (bicyclic) bond motifs is 2. The molecular formula is C19H20ClN3O4. The van der Waals surface area contributed by atoms with Gasteiger partial charge in [0.05, 0.1) is 12.3 Å². The van der Waals surface area contributed by atoms with Crippen molar-refractivity contribution >= 4 is 29.1 Å². The number of hydrogen-bond acceptors (Lipinski definition) is 5. The molecule has 0 aliphatic carbocycles. The molecule has 142 valence electrons. The molecule has 2 heterocycles. The van der Waals surface area contributed by atoms with Gasteiger partial charge in [-0.15, -0.1) is 0 Å². The van der Waals surface area contributed by atoms with Crippen LogP contribution in [0.25, 0.3) is 0 Å². The third-order valence-corrected chi connectivity index (χ3v) is 4.31. The molecule has 0 saturated heterocycles. The Morgan fingerprint density at radius 1 is 1.37 bits per heavy atom. The van der Waals surface area contributed by atoms with Crippen LogP contribution in [0.15, 0.2) is 36.5 Å². The van der Waals surface area contributed by atoms with Gasteiger partial charge in [0.25, 0.3) is 5.91 Å². The number of methoxy groups -OCH3 is 1. The second-order valence-corrected chi connectivity index (χ2v) is 6.41. The lowest BCUT2D eigenvalue weighted by molar-refractivity contribution is -0.121. The number of rotatable bonds is 7. The van der Waals surface area contributed by atoms with Crippen LogP contribution in [0.5, 0.6) is 11.6 Å². The van der Waals surface area contributed by atoms with Crippen LogP contribution in [0.3, 0.4) is 0 Å². The fraction of sp³-hybridized carbons (Fsp3) is 0.316.